The third-order valence-corrected chi connectivity index (χ3v) is 3.67. The van der Waals surface area contributed by atoms with Crippen LogP contribution in [0.1, 0.15) is 29.0 Å². The van der Waals surface area contributed by atoms with Crippen molar-refractivity contribution in [3.63, 3.8) is 0 Å². The molecule has 1 heterocycles. The summed E-state index contributed by atoms with van der Waals surface area (Å²) in [5, 5.41) is 6.35. The third kappa shape index (κ3) is 4.71. The number of nitrogens with zero attached hydrogens (tertiary/aromatic N) is 3. The first-order valence-corrected chi connectivity index (χ1v) is 8.04. The zero-order valence-electron chi connectivity index (χ0n) is 15.2. The first-order chi connectivity index (χ1) is 12.5. The fourth-order valence-corrected chi connectivity index (χ4v) is 2.16. The molecule has 140 valence electrons. The van der Waals surface area contributed by atoms with E-state index in [4.69, 9.17) is 14.0 Å². The number of nitrogens with one attached hydrogen (secondary N) is 1. The fraction of sp³-hybridized carbons (Fsp3) is 0.412. The number of carbonyl (C=O) groups excluding carboxylic acids is 2. The molecule has 0 aliphatic carbocycles. The van der Waals surface area contributed by atoms with Crippen molar-refractivity contribution in [2.24, 2.45) is 0 Å². The summed E-state index contributed by atoms with van der Waals surface area (Å²) in [6.45, 7) is 1.93. The van der Waals surface area contributed by atoms with Crippen molar-refractivity contribution >= 4 is 11.8 Å². The number of benzene rings is 1. The molecule has 26 heavy (non-hydrogen) atoms. The zero-order valence-corrected chi connectivity index (χ0v) is 15.2. The van der Waals surface area contributed by atoms with Gasteiger partial charge in [-0.15, -0.1) is 0 Å². The lowest BCUT2D eigenvalue weighted by Gasteiger charge is -2.15. The molecule has 9 heteroatoms. The van der Waals surface area contributed by atoms with Gasteiger partial charge in [-0.2, -0.15) is 4.98 Å². The van der Waals surface area contributed by atoms with Crippen LogP contribution < -0.4 is 14.8 Å². The average Bonchev–Trinajstić information content (AvgIpc) is 3.12. The molecular formula is C17H22N4O5. The van der Waals surface area contributed by atoms with E-state index in [0.29, 0.717) is 35.2 Å². The van der Waals surface area contributed by atoms with E-state index in [0.717, 1.165) is 0 Å². The Kier molecular flexibility index (Phi) is 6.54. The normalized spacial score (nSPS) is 10.3. The Morgan fingerprint density at radius 3 is 2.58 bits per heavy atom. The standard InChI is InChI=1S/C17H22N4O5/c1-5-14-19-15(26-20-14)10-21(2)16(22)9-18-17(23)11-6-7-12(24-3)13(8-11)25-4/h6-8H,5,9-10H2,1-4H3,(H,18,23). The first-order valence-electron chi connectivity index (χ1n) is 8.04. The number of hydrogen-bond donors (Lipinski definition) is 1. The van der Waals surface area contributed by atoms with Crippen LogP contribution in [0.4, 0.5) is 0 Å². The summed E-state index contributed by atoms with van der Waals surface area (Å²) in [5.41, 5.74) is 0.364. The van der Waals surface area contributed by atoms with Crippen LogP contribution in [0.15, 0.2) is 22.7 Å². The maximum absolute atomic E-state index is 12.2. The summed E-state index contributed by atoms with van der Waals surface area (Å²) in [5.74, 6) is 1.22. The van der Waals surface area contributed by atoms with Crippen LogP contribution in [0.3, 0.4) is 0 Å². The van der Waals surface area contributed by atoms with Gasteiger partial charge in [-0.05, 0) is 18.2 Å². The van der Waals surface area contributed by atoms with Crippen molar-refractivity contribution in [1.82, 2.24) is 20.4 Å². The number of amides is 2. The largest absolute Gasteiger partial charge is 0.493 e. The third-order valence-electron chi connectivity index (χ3n) is 3.67. The van der Waals surface area contributed by atoms with Gasteiger partial charge in [0.2, 0.25) is 11.8 Å². The minimum atomic E-state index is -0.390. The highest BCUT2D eigenvalue weighted by Crippen LogP contribution is 2.27. The predicted molar refractivity (Wildman–Crippen MR) is 92.0 cm³/mol. The molecule has 0 aliphatic rings. The van der Waals surface area contributed by atoms with Crippen molar-refractivity contribution in [1.29, 1.82) is 0 Å². The number of hydrogen-bond acceptors (Lipinski definition) is 7. The van der Waals surface area contributed by atoms with Gasteiger partial charge in [-0.25, -0.2) is 0 Å². The van der Waals surface area contributed by atoms with Gasteiger partial charge in [0.1, 0.15) is 0 Å². The smallest absolute Gasteiger partial charge is 0.251 e. The van der Waals surface area contributed by atoms with Crippen LogP contribution in [-0.2, 0) is 17.8 Å². The molecule has 1 aromatic heterocycles. The molecule has 1 N–H and O–H groups in total. The second-order valence-corrected chi connectivity index (χ2v) is 5.46. The van der Waals surface area contributed by atoms with Crippen LogP contribution in [0.2, 0.25) is 0 Å². The number of aromatic nitrogens is 2. The van der Waals surface area contributed by atoms with E-state index in [1.165, 1.54) is 19.1 Å². The topological polar surface area (TPSA) is 107 Å². The maximum atomic E-state index is 12.2. The molecule has 1 aromatic carbocycles. The first kappa shape index (κ1) is 19.2. The van der Waals surface area contributed by atoms with Crippen LogP contribution >= 0.6 is 0 Å². The number of methoxy groups -OCH3 is 2. The molecule has 2 amide bonds. The number of aryl methyl sites for hydroxylation is 1. The molecule has 0 radical (unpaired) electrons. The van der Waals surface area contributed by atoms with Gasteiger partial charge < -0.3 is 24.2 Å². The van der Waals surface area contributed by atoms with Gasteiger partial charge in [0.25, 0.3) is 5.91 Å². The number of likely N-dealkylation sites (N-methyl/N-ethyl adjacent to an activating group) is 1. The van der Waals surface area contributed by atoms with Gasteiger partial charge in [0.05, 0.1) is 27.3 Å². The second-order valence-electron chi connectivity index (χ2n) is 5.46. The van der Waals surface area contributed by atoms with Gasteiger partial charge in [-0.1, -0.05) is 12.1 Å². The van der Waals surface area contributed by atoms with Crippen molar-refractivity contribution in [3.8, 4) is 11.5 Å². The lowest BCUT2D eigenvalue weighted by atomic mass is 10.2. The van der Waals surface area contributed by atoms with Crippen LogP contribution in [0.5, 0.6) is 11.5 Å². The highest BCUT2D eigenvalue weighted by atomic mass is 16.5. The zero-order chi connectivity index (χ0) is 19.1. The molecule has 0 fully saturated rings. The SMILES string of the molecule is CCc1noc(CN(C)C(=O)CNC(=O)c2ccc(OC)c(OC)c2)n1. The summed E-state index contributed by atoms with van der Waals surface area (Å²) in [6.07, 6.45) is 0.655. The van der Waals surface area contributed by atoms with Gasteiger partial charge in [-0.3, -0.25) is 9.59 Å². The van der Waals surface area contributed by atoms with Crippen molar-refractivity contribution in [3.05, 3.63) is 35.5 Å². The van der Waals surface area contributed by atoms with Crippen molar-refractivity contribution in [2.75, 3.05) is 27.8 Å². The Balaban J connectivity index is 1.90. The summed E-state index contributed by atoms with van der Waals surface area (Å²) in [6, 6.07) is 4.77. The number of ether oxygens (including phenoxy) is 2. The number of carbonyl (C=O) groups is 2. The van der Waals surface area contributed by atoms with Crippen LogP contribution in [0, 0.1) is 0 Å². The number of rotatable bonds is 8. The molecule has 0 bridgehead atoms. The Morgan fingerprint density at radius 1 is 1.23 bits per heavy atom. The molecule has 0 atom stereocenters. The van der Waals surface area contributed by atoms with E-state index in [1.807, 2.05) is 6.92 Å². The van der Waals surface area contributed by atoms with Crippen molar-refractivity contribution in [2.45, 2.75) is 19.9 Å². The predicted octanol–water partition coefficient (Wildman–Crippen LogP) is 1.04. The van der Waals surface area contributed by atoms with E-state index in [1.54, 1.807) is 25.2 Å². The Labute approximate surface area is 151 Å². The Bertz CT molecular complexity index is 774. The van der Waals surface area contributed by atoms with Gasteiger partial charge >= 0.3 is 0 Å². The summed E-state index contributed by atoms with van der Waals surface area (Å²) in [4.78, 5) is 29.9. The lowest BCUT2D eigenvalue weighted by Crippen LogP contribution is -2.37. The summed E-state index contributed by atoms with van der Waals surface area (Å²) < 4.78 is 15.3. The van der Waals surface area contributed by atoms with Crippen molar-refractivity contribution < 1.29 is 23.6 Å². The molecule has 2 rings (SSSR count). The molecule has 2 aromatic rings. The lowest BCUT2D eigenvalue weighted by molar-refractivity contribution is -0.129. The Hall–Kier alpha value is -3.10. The fourth-order valence-electron chi connectivity index (χ4n) is 2.16. The van der Waals surface area contributed by atoms with E-state index in [-0.39, 0.29) is 19.0 Å². The van der Waals surface area contributed by atoms with E-state index in [2.05, 4.69) is 15.5 Å². The molecule has 0 unspecified atom stereocenters. The van der Waals surface area contributed by atoms with Crippen LogP contribution in [-0.4, -0.2) is 54.7 Å². The monoisotopic (exact) mass is 362 g/mol. The van der Waals surface area contributed by atoms with Crippen LogP contribution in [0.25, 0.3) is 0 Å². The van der Waals surface area contributed by atoms with Gasteiger partial charge in [0.15, 0.2) is 17.3 Å². The molecule has 0 saturated carbocycles. The highest BCUT2D eigenvalue weighted by Gasteiger charge is 2.16. The quantitative estimate of drug-likeness (QED) is 0.747. The minimum absolute atomic E-state index is 0.154. The van der Waals surface area contributed by atoms with E-state index >= 15 is 0 Å². The molecule has 0 saturated heterocycles. The summed E-state index contributed by atoms with van der Waals surface area (Å²) >= 11 is 0. The molecular weight excluding hydrogens is 340 g/mol. The molecule has 9 nitrogen and oxygen atoms in total. The Morgan fingerprint density at radius 2 is 1.96 bits per heavy atom. The van der Waals surface area contributed by atoms with Gasteiger partial charge in [0, 0.05) is 19.0 Å². The average molecular weight is 362 g/mol. The highest BCUT2D eigenvalue weighted by molar-refractivity contribution is 5.97. The van der Waals surface area contributed by atoms with E-state index < -0.39 is 5.91 Å². The van der Waals surface area contributed by atoms with E-state index in [9.17, 15) is 9.59 Å². The maximum Gasteiger partial charge on any atom is 0.251 e. The molecule has 0 aliphatic heterocycles. The minimum Gasteiger partial charge on any atom is -0.493 e. The summed E-state index contributed by atoms with van der Waals surface area (Å²) in [7, 11) is 4.60. The second kappa shape index (κ2) is 8.84. The molecule has 0 spiro atoms.